The average Bonchev–Trinajstić information content (AvgIpc) is 3.34. The highest BCUT2D eigenvalue weighted by Crippen LogP contribution is 2.52. The molecule has 0 aliphatic carbocycles. The lowest BCUT2D eigenvalue weighted by Gasteiger charge is -2.46. The van der Waals surface area contributed by atoms with Gasteiger partial charge in [0.15, 0.2) is 0 Å². The van der Waals surface area contributed by atoms with Gasteiger partial charge in [-0.05, 0) is 86.5 Å². The molecule has 0 saturated heterocycles. The molecule has 0 bridgehead atoms. The number of rotatable bonds is 5. The predicted octanol–water partition coefficient (Wildman–Crippen LogP) is 13.9. The molecular weight excluding hydrogens is 749 g/mol. The second-order valence-electron chi connectivity index (χ2n) is 16.5. The Morgan fingerprint density at radius 1 is 0.290 bits per heavy atom. The van der Waals surface area contributed by atoms with E-state index in [4.69, 9.17) is 0 Å². The first-order chi connectivity index (χ1) is 30.8. The topological polar surface area (TPSA) is 9.72 Å². The van der Waals surface area contributed by atoms with E-state index in [2.05, 4.69) is 245 Å². The first-order valence-electron chi connectivity index (χ1n) is 21.5. The third-order valence-corrected chi connectivity index (χ3v) is 13.1. The van der Waals surface area contributed by atoms with E-state index in [1.807, 2.05) is 0 Å². The van der Waals surface area contributed by atoms with Gasteiger partial charge in [-0.25, -0.2) is 0 Å². The highest BCUT2D eigenvalue weighted by Gasteiger charge is 2.45. The van der Waals surface area contributed by atoms with E-state index in [0.717, 1.165) is 28.4 Å². The maximum Gasteiger partial charge on any atom is 0.252 e. The van der Waals surface area contributed by atoms with Crippen molar-refractivity contribution in [3.63, 3.8) is 0 Å². The first-order valence-corrected chi connectivity index (χ1v) is 21.5. The predicted molar refractivity (Wildman–Crippen MR) is 265 cm³/mol. The van der Waals surface area contributed by atoms with Crippen LogP contribution in [-0.4, -0.2) is 6.71 Å². The molecule has 0 spiro atoms. The summed E-state index contributed by atoms with van der Waals surface area (Å²) in [6, 6.07) is 85.1. The van der Waals surface area contributed by atoms with Crippen LogP contribution in [0.4, 0.5) is 51.2 Å². The van der Waals surface area contributed by atoms with Crippen molar-refractivity contribution < 1.29 is 0 Å². The molecule has 0 atom stereocenters. The van der Waals surface area contributed by atoms with Crippen LogP contribution in [0.2, 0.25) is 0 Å². The van der Waals surface area contributed by atoms with Crippen molar-refractivity contribution in [1.82, 2.24) is 0 Å². The zero-order valence-corrected chi connectivity index (χ0v) is 33.9. The van der Waals surface area contributed by atoms with Gasteiger partial charge in [-0.15, -0.1) is 0 Å². The Kier molecular flexibility index (Phi) is 7.70. The fourth-order valence-corrected chi connectivity index (χ4v) is 10.5. The van der Waals surface area contributed by atoms with Gasteiger partial charge in [0, 0.05) is 55.7 Å². The summed E-state index contributed by atoms with van der Waals surface area (Å²) in [6.07, 6.45) is 0. The van der Waals surface area contributed by atoms with Gasteiger partial charge in [0.05, 0.1) is 17.1 Å². The molecule has 0 unspecified atom stereocenters. The molecule has 0 N–H and O–H groups in total. The van der Waals surface area contributed by atoms with Crippen molar-refractivity contribution >= 4 is 117 Å². The van der Waals surface area contributed by atoms with Crippen molar-refractivity contribution in [3.8, 4) is 0 Å². The van der Waals surface area contributed by atoms with Gasteiger partial charge in [-0.2, -0.15) is 0 Å². The van der Waals surface area contributed by atoms with Crippen molar-refractivity contribution in [1.29, 1.82) is 0 Å². The maximum absolute atomic E-state index is 2.60. The Morgan fingerprint density at radius 3 is 1.11 bits per heavy atom. The molecule has 0 aromatic heterocycles. The van der Waals surface area contributed by atoms with Gasteiger partial charge in [-0.3, -0.25) is 0 Å². The van der Waals surface area contributed by atoms with E-state index in [0.29, 0.717) is 0 Å². The molecule has 0 radical (unpaired) electrons. The minimum atomic E-state index is -0.0485. The number of nitrogens with zero attached hydrogens (tertiary/aromatic N) is 3. The van der Waals surface area contributed by atoms with Gasteiger partial charge in [0.2, 0.25) is 0 Å². The molecule has 11 aromatic rings. The molecule has 13 rings (SSSR count). The zero-order chi connectivity index (χ0) is 40.7. The molecule has 288 valence electrons. The Balaban J connectivity index is 1.24. The molecule has 11 aromatic carbocycles. The molecule has 0 fully saturated rings. The summed E-state index contributed by atoms with van der Waals surface area (Å²) in [5.41, 5.74) is 14.3. The second-order valence-corrected chi connectivity index (χ2v) is 16.5. The maximum atomic E-state index is 2.60. The third-order valence-electron chi connectivity index (χ3n) is 13.1. The molecule has 2 aliphatic heterocycles. The summed E-state index contributed by atoms with van der Waals surface area (Å²) in [5, 5.41) is 9.75. The molecule has 0 saturated carbocycles. The second kappa shape index (κ2) is 13.7. The number of fused-ring (bicyclic) bond motifs is 10. The van der Waals surface area contributed by atoms with E-state index in [9.17, 15) is 0 Å². The molecule has 4 heteroatoms. The molecule has 3 nitrogen and oxygen atoms in total. The van der Waals surface area contributed by atoms with Crippen LogP contribution in [0.3, 0.4) is 0 Å². The van der Waals surface area contributed by atoms with Crippen molar-refractivity contribution in [3.05, 3.63) is 231 Å². The van der Waals surface area contributed by atoms with E-state index in [1.165, 1.54) is 82.2 Å². The molecule has 2 heterocycles. The fraction of sp³-hybridized carbons (Fsp3) is 0. The van der Waals surface area contributed by atoms with E-state index in [1.54, 1.807) is 0 Å². The SMILES string of the molecule is c1ccc(N(c2ccccc2)c2cc3c4c(c2)N(c2cccc5ccccc25)c2c(ccc5ccccc25)B4c2ccc4ccccc4c2N3c2cccc3ccccc23)cc1. The van der Waals surface area contributed by atoms with Crippen LogP contribution in [0.5, 0.6) is 0 Å². The quantitative estimate of drug-likeness (QED) is 0.161. The van der Waals surface area contributed by atoms with Crippen molar-refractivity contribution in [2.24, 2.45) is 0 Å². The lowest BCUT2D eigenvalue weighted by molar-refractivity contribution is 1.24. The number of para-hydroxylation sites is 2. The molecular formula is C58H38BN3. The summed E-state index contributed by atoms with van der Waals surface area (Å²) in [5.74, 6) is 0. The Morgan fingerprint density at radius 2 is 0.661 bits per heavy atom. The van der Waals surface area contributed by atoms with Crippen LogP contribution >= 0.6 is 0 Å². The molecule has 0 amide bonds. The third kappa shape index (κ3) is 5.14. The van der Waals surface area contributed by atoms with Crippen LogP contribution in [-0.2, 0) is 0 Å². The Hall–Kier alpha value is -8.08. The zero-order valence-electron chi connectivity index (χ0n) is 33.9. The van der Waals surface area contributed by atoms with Gasteiger partial charge >= 0.3 is 0 Å². The van der Waals surface area contributed by atoms with Gasteiger partial charge < -0.3 is 14.7 Å². The minimum absolute atomic E-state index is 0.0485. The number of hydrogen-bond acceptors (Lipinski definition) is 3. The summed E-state index contributed by atoms with van der Waals surface area (Å²) >= 11 is 0. The lowest BCUT2D eigenvalue weighted by atomic mass is 9.33. The monoisotopic (exact) mass is 787 g/mol. The Labute approximate surface area is 361 Å². The normalized spacial score (nSPS) is 12.7. The summed E-state index contributed by atoms with van der Waals surface area (Å²) in [4.78, 5) is 7.62. The summed E-state index contributed by atoms with van der Waals surface area (Å²) in [6.45, 7) is -0.0485. The largest absolute Gasteiger partial charge is 0.310 e. The van der Waals surface area contributed by atoms with Crippen LogP contribution in [0.1, 0.15) is 0 Å². The van der Waals surface area contributed by atoms with Crippen LogP contribution in [0.25, 0.3) is 43.1 Å². The number of hydrogen-bond donors (Lipinski definition) is 0. The van der Waals surface area contributed by atoms with Crippen molar-refractivity contribution in [2.45, 2.75) is 0 Å². The average molecular weight is 788 g/mol. The molecule has 2 aliphatic rings. The minimum Gasteiger partial charge on any atom is -0.310 e. The summed E-state index contributed by atoms with van der Waals surface area (Å²) in [7, 11) is 0. The summed E-state index contributed by atoms with van der Waals surface area (Å²) < 4.78 is 0. The lowest BCUT2D eigenvalue weighted by Crippen LogP contribution is -2.61. The van der Waals surface area contributed by atoms with E-state index >= 15 is 0 Å². The van der Waals surface area contributed by atoms with Crippen LogP contribution in [0.15, 0.2) is 231 Å². The van der Waals surface area contributed by atoms with Crippen LogP contribution in [0, 0.1) is 0 Å². The first kappa shape index (κ1) is 34.8. The standard InChI is InChI=1S/C58H38BN3/c1-3-23-43(24-4-1)60(44-25-5-2-6-26-44)45-37-54-56-55(38-45)62(53-32-16-22-40-18-8-12-28-47(40)53)58-49-30-14-10-20-42(49)34-36-51(58)59(56)50-35-33-41-19-9-13-29-48(41)57(50)61(54)52-31-15-21-39-17-7-11-27-46(39)52/h1-38H. The van der Waals surface area contributed by atoms with E-state index in [-0.39, 0.29) is 6.71 Å². The smallest absolute Gasteiger partial charge is 0.252 e. The van der Waals surface area contributed by atoms with Gasteiger partial charge in [0.1, 0.15) is 0 Å². The van der Waals surface area contributed by atoms with Gasteiger partial charge in [0.25, 0.3) is 6.71 Å². The highest BCUT2D eigenvalue weighted by molar-refractivity contribution is 7.00. The van der Waals surface area contributed by atoms with Crippen molar-refractivity contribution in [2.75, 3.05) is 14.7 Å². The van der Waals surface area contributed by atoms with E-state index < -0.39 is 0 Å². The number of anilines is 9. The highest BCUT2D eigenvalue weighted by atomic mass is 15.2. The van der Waals surface area contributed by atoms with Crippen LogP contribution < -0.4 is 31.1 Å². The number of benzene rings is 11. The fourth-order valence-electron chi connectivity index (χ4n) is 10.5. The van der Waals surface area contributed by atoms with Gasteiger partial charge in [-0.1, -0.05) is 182 Å². The Bertz CT molecular complexity index is 3320. The molecule has 62 heavy (non-hydrogen) atoms.